The van der Waals surface area contributed by atoms with Gasteiger partial charge in [0.25, 0.3) is 0 Å². The third kappa shape index (κ3) is 3.66. The van der Waals surface area contributed by atoms with Crippen LogP contribution in [0.15, 0.2) is 24.3 Å². The molecule has 1 N–H and O–H groups in total. The van der Waals surface area contributed by atoms with Gasteiger partial charge >= 0.3 is 0 Å². The van der Waals surface area contributed by atoms with Crippen LogP contribution in [0, 0.1) is 3.57 Å². The third-order valence-electron chi connectivity index (χ3n) is 3.10. The van der Waals surface area contributed by atoms with Crippen LogP contribution in [0.5, 0.6) is 0 Å². The van der Waals surface area contributed by atoms with Crippen LogP contribution in [0.1, 0.15) is 19.4 Å². The van der Waals surface area contributed by atoms with Crippen LogP contribution >= 0.6 is 22.6 Å². The Bertz CT molecular complexity index is 477. The second-order valence-electron chi connectivity index (χ2n) is 4.72. The van der Waals surface area contributed by atoms with Gasteiger partial charge in [0.2, 0.25) is 0 Å². The molecule has 0 amide bonds. The van der Waals surface area contributed by atoms with E-state index in [1.807, 2.05) is 24.3 Å². The quantitative estimate of drug-likeness (QED) is 0.828. The molecule has 17 heavy (non-hydrogen) atoms. The maximum Gasteiger partial charge on any atom is 0.155 e. The summed E-state index contributed by atoms with van der Waals surface area (Å²) in [6.45, 7) is 3.11. The minimum atomic E-state index is -3.28. The first-order chi connectivity index (χ1) is 7.64. The molecule has 0 aliphatic heterocycles. The highest BCUT2D eigenvalue weighted by Crippen LogP contribution is 2.23. The molecule has 1 unspecified atom stereocenters. The molecular weight excluding hydrogens is 351 g/mol. The van der Waals surface area contributed by atoms with E-state index in [-0.39, 0.29) is 0 Å². The van der Waals surface area contributed by atoms with Crippen LogP contribution in [0.3, 0.4) is 0 Å². The van der Waals surface area contributed by atoms with Gasteiger partial charge in [-0.1, -0.05) is 12.1 Å². The van der Waals surface area contributed by atoms with Crippen molar-refractivity contribution in [2.75, 3.05) is 6.26 Å². The first kappa shape index (κ1) is 14.9. The van der Waals surface area contributed by atoms with Gasteiger partial charge in [-0.2, -0.15) is 0 Å². The van der Waals surface area contributed by atoms with Gasteiger partial charge in [-0.25, -0.2) is 8.42 Å². The molecule has 0 radical (unpaired) electrons. The molecule has 1 rings (SSSR count). The largest absolute Gasteiger partial charge is 0.391 e. The van der Waals surface area contributed by atoms with Crippen molar-refractivity contribution >= 4 is 32.4 Å². The molecule has 0 saturated heterocycles. The summed E-state index contributed by atoms with van der Waals surface area (Å²) in [7, 11) is -3.28. The Kier molecular flexibility index (Phi) is 4.60. The second-order valence-corrected chi connectivity index (χ2v) is 8.56. The number of hydrogen-bond donors (Lipinski definition) is 1. The number of aliphatic hydroxyl groups excluding tert-OH is 1. The van der Waals surface area contributed by atoms with Crippen molar-refractivity contribution in [3.63, 3.8) is 0 Å². The molecule has 1 aromatic carbocycles. The van der Waals surface area contributed by atoms with Gasteiger partial charge in [-0.15, -0.1) is 0 Å². The fourth-order valence-electron chi connectivity index (χ4n) is 1.34. The minimum Gasteiger partial charge on any atom is -0.391 e. The molecule has 3 nitrogen and oxygen atoms in total. The van der Waals surface area contributed by atoms with Crippen molar-refractivity contribution in [1.82, 2.24) is 0 Å². The molecule has 96 valence electrons. The molecular formula is C12H17IO3S. The van der Waals surface area contributed by atoms with Gasteiger partial charge in [0.05, 0.1) is 10.9 Å². The van der Waals surface area contributed by atoms with Crippen molar-refractivity contribution in [2.24, 2.45) is 0 Å². The molecule has 0 aromatic heterocycles. The molecule has 0 bridgehead atoms. The van der Waals surface area contributed by atoms with E-state index in [0.29, 0.717) is 6.42 Å². The van der Waals surface area contributed by atoms with E-state index in [0.717, 1.165) is 15.4 Å². The van der Waals surface area contributed by atoms with Crippen molar-refractivity contribution < 1.29 is 13.5 Å². The molecule has 0 heterocycles. The fraction of sp³-hybridized carbons (Fsp3) is 0.500. The number of halogens is 1. The zero-order valence-corrected chi connectivity index (χ0v) is 13.1. The number of aliphatic hydroxyl groups is 1. The van der Waals surface area contributed by atoms with E-state index in [4.69, 9.17) is 0 Å². The Balaban J connectivity index is 2.86. The molecule has 1 aromatic rings. The Labute approximate surface area is 116 Å². The summed E-state index contributed by atoms with van der Waals surface area (Å²) in [5.41, 5.74) is 0.939. The van der Waals surface area contributed by atoms with Crippen LogP contribution in [-0.2, 0) is 16.3 Å². The Morgan fingerprint density at radius 3 is 2.18 bits per heavy atom. The van der Waals surface area contributed by atoms with Crippen LogP contribution < -0.4 is 0 Å². The van der Waals surface area contributed by atoms with E-state index >= 15 is 0 Å². The summed E-state index contributed by atoms with van der Waals surface area (Å²) in [6, 6.07) is 7.69. The number of hydrogen-bond acceptors (Lipinski definition) is 3. The highest BCUT2D eigenvalue weighted by atomic mass is 127. The van der Waals surface area contributed by atoms with Crippen molar-refractivity contribution in [3.05, 3.63) is 33.4 Å². The highest BCUT2D eigenvalue weighted by Gasteiger charge is 2.37. The maximum atomic E-state index is 11.6. The summed E-state index contributed by atoms with van der Waals surface area (Å²) in [5.74, 6) is 0. The lowest BCUT2D eigenvalue weighted by atomic mass is 9.98. The van der Waals surface area contributed by atoms with E-state index < -0.39 is 20.7 Å². The van der Waals surface area contributed by atoms with Gasteiger partial charge < -0.3 is 5.11 Å². The van der Waals surface area contributed by atoms with Gasteiger partial charge in [-0.3, -0.25) is 0 Å². The Hall–Kier alpha value is -0.140. The minimum absolute atomic E-state index is 0.344. The summed E-state index contributed by atoms with van der Waals surface area (Å²) in [4.78, 5) is 0. The Morgan fingerprint density at radius 2 is 1.76 bits per heavy atom. The number of rotatable bonds is 4. The van der Waals surface area contributed by atoms with Gasteiger partial charge in [0.1, 0.15) is 0 Å². The highest BCUT2D eigenvalue weighted by molar-refractivity contribution is 14.1. The predicted octanol–water partition coefficient (Wildman–Crippen LogP) is 2.02. The summed E-state index contributed by atoms with van der Waals surface area (Å²) in [6.07, 6.45) is 0.596. The van der Waals surface area contributed by atoms with Gasteiger partial charge in [-0.05, 0) is 60.6 Å². The van der Waals surface area contributed by atoms with Crippen molar-refractivity contribution in [3.8, 4) is 0 Å². The van der Waals surface area contributed by atoms with Crippen LogP contribution in [0.4, 0.5) is 0 Å². The molecule has 0 spiro atoms. The van der Waals surface area contributed by atoms with Gasteiger partial charge in [0.15, 0.2) is 9.84 Å². The van der Waals surface area contributed by atoms with Crippen molar-refractivity contribution in [1.29, 1.82) is 0 Å². The normalized spacial score (nSPS) is 14.6. The van der Waals surface area contributed by atoms with Crippen molar-refractivity contribution in [2.45, 2.75) is 31.1 Å². The lowest BCUT2D eigenvalue weighted by molar-refractivity contribution is 0.138. The molecule has 0 aliphatic carbocycles. The standard InChI is InChI=1S/C12H17IO3S/c1-12(2,17(3,15)16)11(14)8-9-4-6-10(13)7-5-9/h4-7,11,14H,8H2,1-3H3. The van der Waals surface area contributed by atoms with Crippen LogP contribution in [0.25, 0.3) is 0 Å². The monoisotopic (exact) mass is 368 g/mol. The Morgan fingerprint density at radius 1 is 1.29 bits per heavy atom. The molecule has 0 saturated carbocycles. The van der Waals surface area contributed by atoms with Crippen LogP contribution in [0.2, 0.25) is 0 Å². The average Bonchev–Trinajstić information content (AvgIpc) is 2.19. The fourth-order valence-corrected chi connectivity index (χ4v) is 2.27. The number of sulfone groups is 1. The lowest BCUT2D eigenvalue weighted by Crippen LogP contribution is -2.44. The molecule has 0 fully saturated rings. The summed E-state index contributed by atoms with van der Waals surface area (Å²) < 4.78 is 23.1. The zero-order valence-electron chi connectivity index (χ0n) is 10.1. The molecule has 1 atom stereocenters. The lowest BCUT2D eigenvalue weighted by Gasteiger charge is -2.28. The maximum absolute atomic E-state index is 11.6. The number of benzene rings is 1. The van der Waals surface area contributed by atoms with E-state index in [1.165, 1.54) is 0 Å². The zero-order chi connectivity index (χ0) is 13.3. The summed E-state index contributed by atoms with van der Waals surface area (Å²) >= 11 is 2.20. The van der Waals surface area contributed by atoms with E-state index in [9.17, 15) is 13.5 Å². The molecule has 0 aliphatic rings. The first-order valence-corrected chi connectivity index (χ1v) is 8.23. The third-order valence-corrected chi connectivity index (χ3v) is 6.00. The molecule has 5 heteroatoms. The summed E-state index contributed by atoms with van der Waals surface area (Å²) in [5, 5.41) is 10.1. The second kappa shape index (κ2) is 5.24. The van der Waals surface area contributed by atoms with E-state index in [1.54, 1.807) is 13.8 Å². The predicted molar refractivity (Wildman–Crippen MR) is 77.8 cm³/mol. The topological polar surface area (TPSA) is 54.4 Å². The first-order valence-electron chi connectivity index (χ1n) is 5.26. The van der Waals surface area contributed by atoms with Crippen LogP contribution in [-0.4, -0.2) is 30.6 Å². The average molecular weight is 368 g/mol. The smallest absolute Gasteiger partial charge is 0.155 e. The van der Waals surface area contributed by atoms with E-state index in [2.05, 4.69) is 22.6 Å². The SMILES string of the molecule is CC(C)(C(O)Cc1ccc(I)cc1)S(C)(=O)=O. The van der Waals surface area contributed by atoms with Gasteiger partial charge in [0, 0.05) is 9.83 Å².